The van der Waals surface area contributed by atoms with Crippen molar-refractivity contribution >= 4 is 17.1 Å². The van der Waals surface area contributed by atoms with Gasteiger partial charge in [-0.2, -0.15) is 9.97 Å². The largest absolute Gasteiger partial charge is 0.468 e. The fraction of sp³-hybridized carbons (Fsp3) is 0.545. The van der Waals surface area contributed by atoms with Gasteiger partial charge in [-0.15, -0.1) is 0 Å². The molecule has 1 saturated heterocycles. The SMILES string of the molecule is COc1nc2c(=O)[nH]c(N)nc2n1[C@H]1O[C@H](CO)[C@@H](O)[C@@H]1O. The number of fused-ring (bicyclic) bond motifs is 1. The molecular formula is C11H15N5O6. The number of ether oxygens (including phenoxy) is 2. The molecule has 3 heterocycles. The Kier molecular flexibility index (Phi) is 3.48. The minimum Gasteiger partial charge on any atom is -0.468 e. The summed E-state index contributed by atoms with van der Waals surface area (Å²) >= 11 is 0. The number of nitrogens with two attached hydrogens (primary N) is 1. The van der Waals surface area contributed by atoms with E-state index >= 15 is 0 Å². The van der Waals surface area contributed by atoms with Gasteiger partial charge < -0.3 is 30.5 Å². The summed E-state index contributed by atoms with van der Waals surface area (Å²) in [6, 6.07) is -0.0477. The van der Waals surface area contributed by atoms with Crippen LogP contribution in [0.25, 0.3) is 11.2 Å². The fourth-order valence-corrected chi connectivity index (χ4v) is 2.45. The normalized spacial score (nSPS) is 28.4. The Labute approximate surface area is 122 Å². The first-order valence-corrected chi connectivity index (χ1v) is 6.42. The van der Waals surface area contributed by atoms with Crippen molar-refractivity contribution in [3.05, 3.63) is 10.4 Å². The van der Waals surface area contributed by atoms with Crippen molar-refractivity contribution in [3.63, 3.8) is 0 Å². The molecule has 0 bridgehead atoms. The van der Waals surface area contributed by atoms with Crippen LogP contribution >= 0.6 is 0 Å². The number of methoxy groups -OCH3 is 1. The Morgan fingerprint density at radius 1 is 1.41 bits per heavy atom. The van der Waals surface area contributed by atoms with Crippen molar-refractivity contribution in [3.8, 4) is 6.01 Å². The molecule has 3 rings (SSSR count). The van der Waals surface area contributed by atoms with Gasteiger partial charge in [0.15, 0.2) is 17.4 Å². The van der Waals surface area contributed by atoms with Gasteiger partial charge in [-0.3, -0.25) is 9.78 Å². The number of aromatic nitrogens is 4. The number of hydrogen-bond donors (Lipinski definition) is 5. The number of nitrogens with zero attached hydrogens (tertiary/aromatic N) is 3. The third-order valence-corrected chi connectivity index (χ3v) is 3.49. The quantitative estimate of drug-likeness (QED) is 0.405. The van der Waals surface area contributed by atoms with Gasteiger partial charge in [-0.05, 0) is 0 Å². The summed E-state index contributed by atoms with van der Waals surface area (Å²) in [5.41, 5.74) is 4.92. The average molecular weight is 313 g/mol. The van der Waals surface area contributed by atoms with Crippen LogP contribution in [0.1, 0.15) is 6.23 Å². The Morgan fingerprint density at radius 2 is 2.14 bits per heavy atom. The van der Waals surface area contributed by atoms with Crippen LogP contribution in [-0.2, 0) is 4.74 Å². The summed E-state index contributed by atoms with van der Waals surface area (Å²) in [5, 5.41) is 29.1. The number of nitrogen functional groups attached to an aromatic ring is 1. The van der Waals surface area contributed by atoms with Gasteiger partial charge in [0.2, 0.25) is 5.95 Å². The number of nitrogens with one attached hydrogen (secondary N) is 1. The van der Waals surface area contributed by atoms with Crippen LogP contribution in [0.3, 0.4) is 0 Å². The Morgan fingerprint density at radius 3 is 2.73 bits per heavy atom. The predicted octanol–water partition coefficient (Wildman–Crippen LogP) is -2.68. The molecule has 2 aromatic rings. The van der Waals surface area contributed by atoms with Crippen LogP contribution in [-0.4, -0.2) is 66.9 Å². The molecule has 0 amide bonds. The molecule has 4 atom stereocenters. The molecule has 11 nitrogen and oxygen atoms in total. The maximum atomic E-state index is 11.9. The minimum atomic E-state index is -1.37. The van der Waals surface area contributed by atoms with E-state index in [4.69, 9.17) is 20.3 Å². The van der Waals surface area contributed by atoms with Gasteiger partial charge in [0, 0.05) is 0 Å². The summed E-state index contributed by atoms with van der Waals surface area (Å²) in [4.78, 5) is 22.1. The molecule has 2 aromatic heterocycles. The number of aromatic amines is 1. The van der Waals surface area contributed by atoms with Gasteiger partial charge >= 0.3 is 6.01 Å². The number of rotatable bonds is 3. The van der Waals surface area contributed by atoms with Crippen molar-refractivity contribution < 1.29 is 24.8 Å². The molecule has 1 aliphatic heterocycles. The van der Waals surface area contributed by atoms with E-state index in [1.165, 1.54) is 11.7 Å². The standard InChI is InChI=1S/C11H15N5O6/c1-21-11-13-4-7(14-10(12)15-8(4)20)16(11)9-6(19)5(18)3(2-17)22-9/h3,5-6,9,17-19H,2H2,1H3,(H3,12,14,15,20)/t3-,5-,6+,9+/m1/s1. The number of hydrogen-bond acceptors (Lipinski definition) is 9. The van der Waals surface area contributed by atoms with E-state index in [1.807, 2.05) is 0 Å². The number of anilines is 1. The molecule has 22 heavy (non-hydrogen) atoms. The third kappa shape index (κ3) is 2.02. The highest BCUT2D eigenvalue weighted by Gasteiger charge is 2.45. The number of H-pyrrole nitrogens is 1. The molecule has 0 spiro atoms. The molecule has 11 heteroatoms. The van der Waals surface area contributed by atoms with Crippen molar-refractivity contribution in [2.24, 2.45) is 0 Å². The molecule has 0 saturated carbocycles. The van der Waals surface area contributed by atoms with Crippen LogP contribution in [0.15, 0.2) is 4.79 Å². The zero-order valence-electron chi connectivity index (χ0n) is 11.5. The summed E-state index contributed by atoms with van der Waals surface area (Å²) in [6.07, 6.45) is -4.80. The van der Waals surface area contributed by atoms with Crippen LogP contribution < -0.4 is 16.0 Å². The molecule has 6 N–H and O–H groups in total. The van der Waals surface area contributed by atoms with Crippen molar-refractivity contribution in [2.75, 3.05) is 19.5 Å². The van der Waals surface area contributed by atoms with Gasteiger partial charge in [0.1, 0.15) is 18.3 Å². The summed E-state index contributed by atoms with van der Waals surface area (Å²) in [5.74, 6) is -0.145. The van der Waals surface area contributed by atoms with Crippen LogP contribution in [0, 0.1) is 0 Å². The summed E-state index contributed by atoms with van der Waals surface area (Å²) in [7, 11) is 1.32. The maximum absolute atomic E-state index is 11.9. The molecule has 0 aromatic carbocycles. The lowest BCUT2D eigenvalue weighted by atomic mass is 10.1. The molecule has 0 radical (unpaired) electrons. The first kappa shape index (κ1) is 14.7. The molecule has 1 fully saturated rings. The van der Waals surface area contributed by atoms with Crippen molar-refractivity contribution in [1.29, 1.82) is 0 Å². The van der Waals surface area contributed by atoms with E-state index < -0.39 is 36.7 Å². The summed E-state index contributed by atoms with van der Waals surface area (Å²) in [6.45, 7) is -0.486. The van der Waals surface area contributed by atoms with Gasteiger partial charge in [0.25, 0.3) is 5.56 Å². The highest BCUT2D eigenvalue weighted by molar-refractivity contribution is 5.72. The molecule has 0 aliphatic carbocycles. The fourth-order valence-electron chi connectivity index (χ4n) is 2.45. The van der Waals surface area contributed by atoms with Crippen molar-refractivity contribution in [1.82, 2.24) is 19.5 Å². The molecule has 0 unspecified atom stereocenters. The van der Waals surface area contributed by atoms with E-state index in [-0.39, 0.29) is 23.1 Å². The molecule has 120 valence electrons. The monoisotopic (exact) mass is 313 g/mol. The molecular weight excluding hydrogens is 298 g/mol. The second kappa shape index (κ2) is 5.21. The lowest BCUT2D eigenvalue weighted by Crippen LogP contribution is -2.33. The zero-order chi connectivity index (χ0) is 16.0. The average Bonchev–Trinajstić information content (AvgIpc) is 2.98. The highest BCUT2D eigenvalue weighted by atomic mass is 16.6. The van der Waals surface area contributed by atoms with E-state index in [2.05, 4.69) is 15.0 Å². The van der Waals surface area contributed by atoms with Crippen LogP contribution in [0.2, 0.25) is 0 Å². The Balaban J connectivity index is 2.20. The Bertz CT molecular complexity index is 757. The maximum Gasteiger partial charge on any atom is 0.300 e. The van der Waals surface area contributed by atoms with E-state index in [1.54, 1.807) is 0 Å². The second-order valence-corrected chi connectivity index (χ2v) is 4.82. The first-order valence-electron chi connectivity index (χ1n) is 6.42. The van der Waals surface area contributed by atoms with E-state index in [0.29, 0.717) is 0 Å². The molecule has 1 aliphatic rings. The van der Waals surface area contributed by atoms with Crippen molar-refractivity contribution in [2.45, 2.75) is 24.5 Å². The smallest absolute Gasteiger partial charge is 0.300 e. The van der Waals surface area contributed by atoms with Gasteiger partial charge in [-0.25, -0.2) is 4.57 Å². The number of aliphatic hydroxyl groups excluding tert-OH is 3. The summed E-state index contributed by atoms with van der Waals surface area (Å²) < 4.78 is 11.7. The first-order chi connectivity index (χ1) is 10.5. The lowest BCUT2D eigenvalue weighted by Gasteiger charge is -2.18. The van der Waals surface area contributed by atoms with Crippen LogP contribution in [0.5, 0.6) is 6.01 Å². The van der Waals surface area contributed by atoms with Gasteiger partial charge in [0.05, 0.1) is 13.7 Å². The lowest BCUT2D eigenvalue weighted by molar-refractivity contribution is -0.0537. The van der Waals surface area contributed by atoms with Crippen LogP contribution in [0.4, 0.5) is 5.95 Å². The number of imidazole rings is 1. The Hall–Kier alpha value is -2.21. The zero-order valence-corrected chi connectivity index (χ0v) is 11.5. The van der Waals surface area contributed by atoms with E-state index in [9.17, 15) is 15.0 Å². The van der Waals surface area contributed by atoms with Gasteiger partial charge in [-0.1, -0.05) is 0 Å². The third-order valence-electron chi connectivity index (χ3n) is 3.49. The topological polar surface area (TPSA) is 169 Å². The number of aliphatic hydroxyl groups is 3. The predicted molar refractivity (Wildman–Crippen MR) is 72.1 cm³/mol. The second-order valence-electron chi connectivity index (χ2n) is 4.82. The highest BCUT2D eigenvalue weighted by Crippen LogP contribution is 2.34. The minimum absolute atomic E-state index is 0.0351. The van der Waals surface area contributed by atoms with E-state index in [0.717, 1.165) is 0 Å².